The molecule has 0 amide bonds. The minimum absolute atomic E-state index is 0.462. The molecular weight excluding hydrogens is 381 g/mol. The van der Waals surface area contributed by atoms with E-state index in [2.05, 4.69) is 60.0 Å². The lowest BCUT2D eigenvalue weighted by Gasteiger charge is -2.35. The minimum atomic E-state index is 0.462. The molecule has 1 aromatic carbocycles. The van der Waals surface area contributed by atoms with Gasteiger partial charge in [0.25, 0.3) is 0 Å². The van der Waals surface area contributed by atoms with Crippen molar-refractivity contribution >= 4 is 34.2 Å². The molecule has 20 heavy (non-hydrogen) atoms. The van der Waals surface area contributed by atoms with Crippen LogP contribution in [0.1, 0.15) is 57.6 Å². The second-order valence-corrected chi connectivity index (χ2v) is 7.48. The first-order valence-corrected chi connectivity index (χ1v) is 9.29. The Morgan fingerprint density at radius 2 is 2.15 bits per heavy atom. The number of nitrogens with one attached hydrogen (secondary N) is 1. The quantitative estimate of drug-likeness (QED) is 0.609. The first kappa shape index (κ1) is 16.6. The molecule has 1 nitrogen and oxygen atoms in total. The highest BCUT2D eigenvalue weighted by molar-refractivity contribution is 14.1. The summed E-state index contributed by atoms with van der Waals surface area (Å²) >= 11 is 8.61. The Hall–Kier alpha value is 0.200. The van der Waals surface area contributed by atoms with Crippen molar-refractivity contribution in [1.29, 1.82) is 0 Å². The molecule has 3 unspecified atom stereocenters. The summed E-state index contributed by atoms with van der Waals surface area (Å²) in [5, 5.41) is 4.58. The van der Waals surface area contributed by atoms with E-state index in [0.717, 1.165) is 27.0 Å². The summed E-state index contributed by atoms with van der Waals surface area (Å²) in [6.07, 6.45) is 6.82. The zero-order chi connectivity index (χ0) is 14.5. The highest BCUT2D eigenvalue weighted by Gasteiger charge is 2.28. The average molecular weight is 406 g/mol. The van der Waals surface area contributed by atoms with Gasteiger partial charge in [-0.25, -0.2) is 0 Å². The van der Waals surface area contributed by atoms with Crippen LogP contribution in [0, 0.1) is 15.4 Å². The third-order valence-corrected chi connectivity index (χ3v) is 6.17. The van der Waals surface area contributed by atoms with E-state index in [1.54, 1.807) is 0 Å². The van der Waals surface area contributed by atoms with Gasteiger partial charge < -0.3 is 5.32 Å². The maximum absolute atomic E-state index is 6.32. The van der Waals surface area contributed by atoms with Crippen molar-refractivity contribution in [2.24, 2.45) is 11.8 Å². The molecule has 0 radical (unpaired) electrons. The van der Waals surface area contributed by atoms with Crippen molar-refractivity contribution < 1.29 is 0 Å². The van der Waals surface area contributed by atoms with Crippen LogP contribution in [0.3, 0.4) is 0 Å². The zero-order valence-corrected chi connectivity index (χ0v) is 15.4. The molecule has 1 aliphatic carbocycles. The Bertz CT molecular complexity index is 435. The predicted octanol–water partition coefficient (Wildman–Crippen LogP) is 5.81. The molecule has 2 rings (SSSR count). The first-order chi connectivity index (χ1) is 9.65. The molecule has 0 saturated heterocycles. The molecule has 1 aliphatic rings. The molecular formula is C17H25ClIN. The Labute approximate surface area is 142 Å². The molecule has 0 aromatic heterocycles. The lowest BCUT2D eigenvalue weighted by atomic mass is 9.75. The van der Waals surface area contributed by atoms with E-state index in [1.807, 2.05) is 0 Å². The summed E-state index contributed by atoms with van der Waals surface area (Å²) in [5.41, 5.74) is 1.36. The van der Waals surface area contributed by atoms with Crippen molar-refractivity contribution in [2.75, 3.05) is 6.54 Å². The summed E-state index contributed by atoms with van der Waals surface area (Å²) in [7, 11) is 0. The second kappa shape index (κ2) is 8.00. The summed E-state index contributed by atoms with van der Waals surface area (Å²) in [4.78, 5) is 0. The van der Waals surface area contributed by atoms with Crippen LogP contribution in [0.4, 0.5) is 0 Å². The third-order valence-electron chi connectivity index (χ3n) is 4.60. The van der Waals surface area contributed by atoms with Crippen LogP contribution in [0.15, 0.2) is 18.2 Å². The average Bonchev–Trinajstić information content (AvgIpc) is 2.48. The lowest BCUT2D eigenvalue weighted by Crippen LogP contribution is -2.31. The number of rotatable bonds is 5. The van der Waals surface area contributed by atoms with Crippen molar-refractivity contribution in [2.45, 2.75) is 52.0 Å². The Kier molecular flexibility index (Phi) is 6.63. The minimum Gasteiger partial charge on any atom is -0.310 e. The monoisotopic (exact) mass is 405 g/mol. The Balaban J connectivity index is 2.18. The van der Waals surface area contributed by atoms with Crippen LogP contribution in [0.25, 0.3) is 0 Å². The van der Waals surface area contributed by atoms with Crippen LogP contribution in [-0.2, 0) is 0 Å². The molecule has 3 atom stereocenters. The molecule has 1 aromatic rings. The summed E-state index contributed by atoms with van der Waals surface area (Å²) in [5.74, 6) is 1.67. The fourth-order valence-electron chi connectivity index (χ4n) is 3.49. The van der Waals surface area contributed by atoms with Crippen molar-refractivity contribution in [3.63, 3.8) is 0 Å². The van der Waals surface area contributed by atoms with Crippen molar-refractivity contribution in [1.82, 2.24) is 5.32 Å². The van der Waals surface area contributed by atoms with Gasteiger partial charge in [-0.15, -0.1) is 0 Å². The summed E-state index contributed by atoms with van der Waals surface area (Å²) in [6, 6.07) is 7.01. The van der Waals surface area contributed by atoms with E-state index >= 15 is 0 Å². The number of hydrogen-bond donors (Lipinski definition) is 1. The Morgan fingerprint density at radius 3 is 2.80 bits per heavy atom. The normalized spacial score (nSPS) is 24.6. The van der Waals surface area contributed by atoms with Crippen LogP contribution in [0.2, 0.25) is 5.02 Å². The number of halogens is 2. The van der Waals surface area contributed by atoms with Gasteiger partial charge in [0.15, 0.2) is 0 Å². The van der Waals surface area contributed by atoms with Gasteiger partial charge in [0.2, 0.25) is 0 Å². The van der Waals surface area contributed by atoms with Gasteiger partial charge in [-0.3, -0.25) is 0 Å². The molecule has 1 saturated carbocycles. The van der Waals surface area contributed by atoms with Gasteiger partial charge in [-0.05, 0) is 71.5 Å². The fourth-order valence-corrected chi connectivity index (χ4v) is 4.01. The molecule has 1 fully saturated rings. The largest absolute Gasteiger partial charge is 0.310 e. The second-order valence-electron chi connectivity index (χ2n) is 5.91. The Morgan fingerprint density at radius 1 is 1.35 bits per heavy atom. The van der Waals surface area contributed by atoms with Crippen molar-refractivity contribution in [3.8, 4) is 0 Å². The van der Waals surface area contributed by atoms with Gasteiger partial charge in [-0.1, -0.05) is 50.8 Å². The topological polar surface area (TPSA) is 12.0 Å². The third kappa shape index (κ3) is 4.11. The van der Waals surface area contributed by atoms with E-state index in [1.165, 1.54) is 37.7 Å². The SMILES string of the molecule is CCNC(c1ccc(I)c(Cl)c1)C1CCCC(CC)C1. The van der Waals surface area contributed by atoms with E-state index in [9.17, 15) is 0 Å². The van der Waals surface area contributed by atoms with Crippen LogP contribution < -0.4 is 5.32 Å². The van der Waals surface area contributed by atoms with Crippen LogP contribution >= 0.6 is 34.2 Å². The van der Waals surface area contributed by atoms with E-state index in [0.29, 0.717) is 6.04 Å². The maximum atomic E-state index is 6.32. The molecule has 1 N–H and O–H groups in total. The van der Waals surface area contributed by atoms with Gasteiger partial charge >= 0.3 is 0 Å². The summed E-state index contributed by atoms with van der Waals surface area (Å²) in [6.45, 7) is 5.54. The van der Waals surface area contributed by atoms with Gasteiger partial charge in [0.05, 0.1) is 5.02 Å². The number of benzene rings is 1. The van der Waals surface area contributed by atoms with Gasteiger partial charge in [-0.2, -0.15) is 0 Å². The standard InChI is InChI=1S/C17H25ClIN/c1-3-12-6-5-7-13(10-12)17(20-4-2)14-8-9-16(19)15(18)11-14/h8-9,11-13,17,20H,3-7,10H2,1-2H3. The zero-order valence-electron chi connectivity index (χ0n) is 12.5. The molecule has 0 spiro atoms. The first-order valence-electron chi connectivity index (χ1n) is 7.84. The van der Waals surface area contributed by atoms with Gasteiger partial charge in [0.1, 0.15) is 0 Å². The maximum Gasteiger partial charge on any atom is 0.0542 e. The molecule has 112 valence electrons. The smallest absolute Gasteiger partial charge is 0.0542 e. The number of hydrogen-bond acceptors (Lipinski definition) is 1. The molecule has 0 aliphatic heterocycles. The molecule has 3 heteroatoms. The van der Waals surface area contributed by atoms with E-state index in [4.69, 9.17) is 11.6 Å². The highest BCUT2D eigenvalue weighted by atomic mass is 127. The van der Waals surface area contributed by atoms with Crippen molar-refractivity contribution in [3.05, 3.63) is 32.4 Å². The van der Waals surface area contributed by atoms with Gasteiger partial charge in [0, 0.05) is 9.61 Å². The van der Waals surface area contributed by atoms with E-state index < -0.39 is 0 Å². The summed E-state index contributed by atoms with van der Waals surface area (Å²) < 4.78 is 1.14. The van der Waals surface area contributed by atoms with Crippen LogP contribution in [-0.4, -0.2) is 6.54 Å². The van der Waals surface area contributed by atoms with Crippen LogP contribution in [0.5, 0.6) is 0 Å². The highest BCUT2D eigenvalue weighted by Crippen LogP contribution is 2.39. The fraction of sp³-hybridized carbons (Fsp3) is 0.647. The predicted molar refractivity (Wildman–Crippen MR) is 96.3 cm³/mol. The van der Waals surface area contributed by atoms with E-state index in [-0.39, 0.29) is 0 Å². The lowest BCUT2D eigenvalue weighted by molar-refractivity contribution is 0.210. The molecule has 0 bridgehead atoms. The molecule has 0 heterocycles.